The molecule has 0 heterocycles. The third kappa shape index (κ3) is 2.83. The summed E-state index contributed by atoms with van der Waals surface area (Å²) in [4.78, 5) is 0. The van der Waals surface area contributed by atoms with Crippen molar-refractivity contribution in [2.45, 2.75) is 32.0 Å². The summed E-state index contributed by atoms with van der Waals surface area (Å²) in [5.74, 6) is 0.0675. The summed E-state index contributed by atoms with van der Waals surface area (Å²) >= 11 is 0. The van der Waals surface area contributed by atoms with Crippen LogP contribution in [0.25, 0.3) is 10.8 Å². The Bertz CT molecular complexity index is 633. The Kier molecular flexibility index (Phi) is 4.14. The van der Waals surface area contributed by atoms with E-state index in [-0.39, 0.29) is 11.3 Å². The Morgan fingerprint density at radius 3 is 2.38 bits per heavy atom. The van der Waals surface area contributed by atoms with Crippen molar-refractivity contribution in [3.05, 3.63) is 42.0 Å². The Labute approximate surface area is 121 Å². The number of benzene rings is 2. The fraction of sp³-hybridized carbons (Fsp3) is 0.375. The van der Waals surface area contributed by atoms with Crippen LogP contribution in [-0.4, -0.2) is 17.9 Å². The molecule has 0 aliphatic rings. The van der Waals surface area contributed by atoms with Gasteiger partial charge in [-0.2, -0.15) is 13.2 Å². The van der Waals surface area contributed by atoms with Crippen LogP contribution in [-0.2, 0) is 5.60 Å². The maximum Gasteiger partial charge on any atom is 0.421 e. The monoisotopic (exact) mass is 298 g/mol. The molecule has 2 aromatic carbocycles. The van der Waals surface area contributed by atoms with Crippen LogP contribution in [0.5, 0.6) is 5.75 Å². The lowest BCUT2D eigenvalue weighted by Crippen LogP contribution is -2.39. The molecule has 0 radical (unpaired) electrons. The van der Waals surface area contributed by atoms with Gasteiger partial charge >= 0.3 is 6.18 Å². The molecule has 2 rings (SSSR count). The second-order valence-electron chi connectivity index (χ2n) is 5.08. The molecular formula is C16H17F3O2. The fourth-order valence-electron chi connectivity index (χ4n) is 2.23. The van der Waals surface area contributed by atoms with Crippen molar-refractivity contribution < 1.29 is 23.0 Å². The van der Waals surface area contributed by atoms with Crippen LogP contribution in [0.1, 0.15) is 25.8 Å². The van der Waals surface area contributed by atoms with Crippen LogP contribution in [0.3, 0.4) is 0 Å². The molecule has 0 aliphatic heterocycles. The number of ether oxygens (including phenoxy) is 1. The van der Waals surface area contributed by atoms with Crippen LogP contribution in [0.15, 0.2) is 36.4 Å². The van der Waals surface area contributed by atoms with Gasteiger partial charge in [0.15, 0.2) is 5.60 Å². The second-order valence-corrected chi connectivity index (χ2v) is 5.08. The molecule has 5 heteroatoms. The summed E-state index contributed by atoms with van der Waals surface area (Å²) in [5.41, 5.74) is -3.21. The van der Waals surface area contributed by atoms with E-state index in [4.69, 9.17) is 4.74 Å². The Hall–Kier alpha value is -1.75. The lowest BCUT2D eigenvalue weighted by molar-refractivity contribution is -0.258. The largest absolute Gasteiger partial charge is 0.493 e. The van der Waals surface area contributed by atoms with E-state index in [2.05, 4.69) is 0 Å². The first-order valence-electron chi connectivity index (χ1n) is 6.73. The minimum Gasteiger partial charge on any atom is -0.493 e. The van der Waals surface area contributed by atoms with Crippen molar-refractivity contribution in [1.82, 2.24) is 0 Å². The molecule has 0 amide bonds. The maximum atomic E-state index is 13.2. The van der Waals surface area contributed by atoms with Gasteiger partial charge in [0, 0.05) is 5.56 Å². The quantitative estimate of drug-likeness (QED) is 0.906. The standard InChI is InChI=1S/C16H17F3O2/c1-3-10-21-13-9-8-11-6-4-5-7-12(11)14(13)15(2,20)16(17,18)19/h4-9,20H,3,10H2,1-2H3. The predicted octanol–water partition coefficient (Wildman–Crippen LogP) is 4.40. The molecule has 0 fully saturated rings. The molecule has 1 unspecified atom stereocenters. The zero-order chi connectivity index (χ0) is 15.7. The number of hydrogen-bond donors (Lipinski definition) is 1. The number of rotatable bonds is 4. The molecule has 0 spiro atoms. The van der Waals surface area contributed by atoms with Crippen molar-refractivity contribution in [2.75, 3.05) is 6.61 Å². The molecule has 2 nitrogen and oxygen atoms in total. The molecule has 0 saturated heterocycles. The lowest BCUT2D eigenvalue weighted by Gasteiger charge is -2.29. The molecule has 21 heavy (non-hydrogen) atoms. The van der Waals surface area contributed by atoms with Crippen molar-refractivity contribution in [2.24, 2.45) is 0 Å². The smallest absolute Gasteiger partial charge is 0.421 e. The molecule has 0 aliphatic carbocycles. The highest BCUT2D eigenvalue weighted by atomic mass is 19.4. The minimum atomic E-state index is -4.79. The van der Waals surface area contributed by atoms with Crippen LogP contribution >= 0.6 is 0 Å². The van der Waals surface area contributed by atoms with E-state index in [0.29, 0.717) is 23.8 Å². The first-order valence-corrected chi connectivity index (χ1v) is 6.73. The number of hydrogen-bond acceptors (Lipinski definition) is 2. The van der Waals surface area contributed by atoms with Crippen molar-refractivity contribution in [1.29, 1.82) is 0 Å². The van der Waals surface area contributed by atoms with E-state index in [1.165, 1.54) is 6.07 Å². The molecule has 1 N–H and O–H groups in total. The average Bonchev–Trinajstić information content (AvgIpc) is 2.42. The lowest BCUT2D eigenvalue weighted by atomic mass is 9.89. The highest BCUT2D eigenvalue weighted by Gasteiger charge is 2.53. The van der Waals surface area contributed by atoms with E-state index in [9.17, 15) is 18.3 Å². The predicted molar refractivity (Wildman–Crippen MR) is 75.4 cm³/mol. The SMILES string of the molecule is CCCOc1ccc2ccccc2c1C(C)(O)C(F)(F)F. The zero-order valence-corrected chi connectivity index (χ0v) is 11.9. The average molecular weight is 298 g/mol. The van der Waals surface area contributed by atoms with Gasteiger partial charge in [0.2, 0.25) is 0 Å². The molecule has 0 saturated carbocycles. The first kappa shape index (κ1) is 15.6. The van der Waals surface area contributed by atoms with Gasteiger partial charge < -0.3 is 9.84 Å². The van der Waals surface area contributed by atoms with E-state index < -0.39 is 11.8 Å². The minimum absolute atomic E-state index is 0.0675. The van der Waals surface area contributed by atoms with Gasteiger partial charge in [0.1, 0.15) is 5.75 Å². The molecule has 0 aromatic heterocycles. The summed E-state index contributed by atoms with van der Waals surface area (Å²) in [6.45, 7) is 2.91. The zero-order valence-electron chi connectivity index (χ0n) is 11.9. The van der Waals surface area contributed by atoms with Crippen molar-refractivity contribution in [3.63, 3.8) is 0 Å². The van der Waals surface area contributed by atoms with Crippen LogP contribution < -0.4 is 4.74 Å². The molecule has 114 valence electrons. The van der Waals surface area contributed by atoms with Crippen molar-refractivity contribution in [3.8, 4) is 5.75 Å². The van der Waals surface area contributed by atoms with E-state index >= 15 is 0 Å². The van der Waals surface area contributed by atoms with Crippen LogP contribution in [0.4, 0.5) is 13.2 Å². The summed E-state index contributed by atoms with van der Waals surface area (Å²) in [6, 6.07) is 9.81. The Morgan fingerprint density at radius 2 is 1.76 bits per heavy atom. The molecule has 0 bridgehead atoms. The van der Waals surface area contributed by atoms with Gasteiger partial charge in [-0.3, -0.25) is 0 Å². The molecular weight excluding hydrogens is 281 g/mol. The number of aliphatic hydroxyl groups is 1. The van der Waals surface area contributed by atoms with E-state index in [1.54, 1.807) is 30.3 Å². The fourth-order valence-corrected chi connectivity index (χ4v) is 2.23. The summed E-state index contributed by atoms with van der Waals surface area (Å²) in [5, 5.41) is 11.1. The Balaban J connectivity index is 2.72. The topological polar surface area (TPSA) is 29.5 Å². The third-order valence-corrected chi connectivity index (χ3v) is 3.39. The number of halogens is 3. The van der Waals surface area contributed by atoms with Gasteiger partial charge in [-0.25, -0.2) is 0 Å². The highest BCUT2D eigenvalue weighted by molar-refractivity contribution is 5.88. The third-order valence-electron chi connectivity index (χ3n) is 3.39. The van der Waals surface area contributed by atoms with Gasteiger partial charge in [-0.05, 0) is 30.2 Å². The van der Waals surface area contributed by atoms with E-state index in [1.807, 2.05) is 6.92 Å². The number of fused-ring (bicyclic) bond motifs is 1. The Morgan fingerprint density at radius 1 is 1.10 bits per heavy atom. The van der Waals surface area contributed by atoms with Gasteiger partial charge in [0.05, 0.1) is 6.61 Å². The normalized spacial score (nSPS) is 15.0. The highest BCUT2D eigenvalue weighted by Crippen LogP contribution is 2.45. The molecule has 2 aromatic rings. The van der Waals surface area contributed by atoms with Crippen LogP contribution in [0, 0.1) is 0 Å². The van der Waals surface area contributed by atoms with Crippen molar-refractivity contribution >= 4 is 10.8 Å². The van der Waals surface area contributed by atoms with E-state index in [0.717, 1.165) is 6.92 Å². The van der Waals surface area contributed by atoms with Gasteiger partial charge in [0.25, 0.3) is 0 Å². The summed E-state index contributed by atoms with van der Waals surface area (Å²) in [7, 11) is 0. The summed E-state index contributed by atoms with van der Waals surface area (Å²) in [6.07, 6.45) is -4.12. The maximum absolute atomic E-state index is 13.2. The molecule has 1 atom stereocenters. The van der Waals surface area contributed by atoms with Gasteiger partial charge in [-0.15, -0.1) is 0 Å². The van der Waals surface area contributed by atoms with Gasteiger partial charge in [-0.1, -0.05) is 37.3 Å². The van der Waals surface area contributed by atoms with Crippen LogP contribution in [0.2, 0.25) is 0 Å². The first-order chi connectivity index (χ1) is 9.79. The summed E-state index contributed by atoms with van der Waals surface area (Å²) < 4.78 is 45.1. The second kappa shape index (κ2) is 5.56. The number of alkyl halides is 3.